The Kier molecular flexibility index (Phi) is 2.80. The van der Waals surface area contributed by atoms with E-state index in [2.05, 4.69) is 48.2 Å². The van der Waals surface area contributed by atoms with Gasteiger partial charge in [0.05, 0.1) is 0 Å². The molecule has 1 fully saturated rings. The summed E-state index contributed by atoms with van der Waals surface area (Å²) in [5.74, 6) is 0. The molecule has 0 bridgehead atoms. The molecule has 1 saturated heterocycles. The van der Waals surface area contributed by atoms with Gasteiger partial charge in [0.15, 0.2) is 0 Å². The van der Waals surface area contributed by atoms with E-state index in [0.29, 0.717) is 0 Å². The molecule has 2 aliphatic rings. The molecule has 0 unspecified atom stereocenters. The van der Waals surface area contributed by atoms with E-state index in [1.165, 1.54) is 60.3 Å². The Bertz CT molecular complexity index is 651. The van der Waals surface area contributed by atoms with E-state index in [1.807, 2.05) is 0 Å². The van der Waals surface area contributed by atoms with Crippen molar-refractivity contribution in [1.29, 1.82) is 0 Å². The first-order valence-corrected chi connectivity index (χ1v) is 7.80. The number of anilines is 1. The van der Waals surface area contributed by atoms with E-state index < -0.39 is 0 Å². The molecule has 1 aliphatic carbocycles. The predicted octanol–water partition coefficient (Wildman–Crippen LogP) is 4.56. The fraction of sp³-hybridized carbons (Fsp3) is 0.368. The van der Waals surface area contributed by atoms with Crippen LogP contribution >= 0.6 is 0 Å². The van der Waals surface area contributed by atoms with Crippen LogP contribution in [0.2, 0.25) is 0 Å². The Hall–Kier alpha value is -1.76. The maximum atomic E-state index is 2.60. The summed E-state index contributed by atoms with van der Waals surface area (Å²) in [7, 11) is 0. The largest absolute Gasteiger partial charge is 0.371 e. The highest BCUT2D eigenvalue weighted by Gasteiger charge is 2.25. The number of benzene rings is 2. The summed E-state index contributed by atoms with van der Waals surface area (Å²) >= 11 is 0. The van der Waals surface area contributed by atoms with Crippen LogP contribution in [0.1, 0.15) is 36.0 Å². The van der Waals surface area contributed by atoms with Crippen molar-refractivity contribution < 1.29 is 0 Å². The maximum absolute atomic E-state index is 2.60. The van der Waals surface area contributed by atoms with Gasteiger partial charge >= 0.3 is 0 Å². The van der Waals surface area contributed by atoms with E-state index in [0.717, 1.165) is 6.42 Å². The molecule has 0 spiro atoms. The van der Waals surface area contributed by atoms with E-state index in [-0.39, 0.29) is 0 Å². The first kappa shape index (κ1) is 12.0. The van der Waals surface area contributed by atoms with Crippen LogP contribution < -0.4 is 4.90 Å². The minimum atomic E-state index is 1.11. The van der Waals surface area contributed by atoms with Gasteiger partial charge in [0.2, 0.25) is 0 Å². The summed E-state index contributed by atoms with van der Waals surface area (Å²) in [6.45, 7) is 4.71. The smallest absolute Gasteiger partial charge is 0.0408 e. The second-order valence-electron chi connectivity index (χ2n) is 6.14. The molecule has 0 amide bonds. The highest BCUT2D eigenvalue weighted by atomic mass is 15.1. The van der Waals surface area contributed by atoms with Crippen LogP contribution in [0.3, 0.4) is 0 Å². The predicted molar refractivity (Wildman–Crippen MR) is 85.5 cm³/mol. The first-order valence-electron chi connectivity index (χ1n) is 7.80. The molecule has 1 aliphatic heterocycles. The van der Waals surface area contributed by atoms with Gasteiger partial charge in [-0.25, -0.2) is 0 Å². The summed E-state index contributed by atoms with van der Waals surface area (Å²) in [5.41, 5.74) is 8.93. The molecule has 1 heterocycles. The molecular formula is C19H21N. The molecule has 0 N–H and O–H groups in total. The molecule has 20 heavy (non-hydrogen) atoms. The van der Waals surface area contributed by atoms with Crippen LogP contribution in [0.4, 0.5) is 5.69 Å². The fourth-order valence-electron chi connectivity index (χ4n) is 3.85. The highest BCUT2D eigenvalue weighted by Crippen LogP contribution is 2.43. The van der Waals surface area contributed by atoms with Gasteiger partial charge < -0.3 is 4.90 Å². The molecule has 0 radical (unpaired) electrons. The van der Waals surface area contributed by atoms with Crippen LogP contribution in [-0.2, 0) is 6.42 Å². The second kappa shape index (κ2) is 4.66. The third-order valence-corrected chi connectivity index (χ3v) is 4.85. The Balaban J connectivity index is 1.85. The third-order valence-electron chi connectivity index (χ3n) is 4.85. The maximum Gasteiger partial charge on any atom is 0.0408 e. The molecule has 2 aromatic rings. The molecule has 0 saturated carbocycles. The monoisotopic (exact) mass is 263 g/mol. The molecule has 2 aromatic carbocycles. The van der Waals surface area contributed by atoms with Crippen molar-refractivity contribution in [2.75, 3.05) is 18.0 Å². The van der Waals surface area contributed by atoms with Gasteiger partial charge in [-0.3, -0.25) is 0 Å². The number of nitrogens with zero attached hydrogens (tertiary/aromatic N) is 1. The van der Waals surface area contributed by atoms with Crippen LogP contribution in [-0.4, -0.2) is 13.1 Å². The van der Waals surface area contributed by atoms with Gasteiger partial charge in [-0.2, -0.15) is 0 Å². The number of hydrogen-bond acceptors (Lipinski definition) is 1. The van der Waals surface area contributed by atoms with Gasteiger partial charge in [0.1, 0.15) is 0 Å². The van der Waals surface area contributed by atoms with Crippen molar-refractivity contribution >= 4 is 5.69 Å². The van der Waals surface area contributed by atoms with Crippen LogP contribution in [0.5, 0.6) is 0 Å². The van der Waals surface area contributed by atoms with E-state index in [4.69, 9.17) is 0 Å². The van der Waals surface area contributed by atoms with Gasteiger partial charge in [-0.05, 0) is 60.1 Å². The minimum Gasteiger partial charge on any atom is -0.371 e. The molecule has 4 rings (SSSR count). The minimum absolute atomic E-state index is 1.11. The molecule has 0 atom stereocenters. The van der Waals surface area contributed by atoms with Gasteiger partial charge in [0, 0.05) is 25.2 Å². The lowest BCUT2D eigenvalue weighted by Crippen LogP contribution is -2.30. The highest BCUT2D eigenvalue weighted by molar-refractivity contribution is 5.84. The Morgan fingerprint density at radius 1 is 0.900 bits per heavy atom. The van der Waals surface area contributed by atoms with Crippen LogP contribution in [0.25, 0.3) is 11.1 Å². The van der Waals surface area contributed by atoms with Gasteiger partial charge in [0.25, 0.3) is 0 Å². The van der Waals surface area contributed by atoms with E-state index in [1.54, 1.807) is 5.56 Å². The standard InChI is InChI=1S/C19H21N/c1-14-9-10-18(20-11-5-2-6-12-20)17-13-15-7-3-4-8-16(15)19(14)17/h3-4,7-10H,2,5-6,11-13H2,1H3. The zero-order chi connectivity index (χ0) is 13.5. The van der Waals surface area contributed by atoms with Crippen molar-refractivity contribution in [1.82, 2.24) is 0 Å². The molecule has 102 valence electrons. The van der Waals surface area contributed by atoms with Crippen molar-refractivity contribution in [3.05, 3.63) is 53.1 Å². The lowest BCUT2D eigenvalue weighted by Gasteiger charge is -2.31. The molecular weight excluding hydrogens is 242 g/mol. The Morgan fingerprint density at radius 2 is 1.70 bits per heavy atom. The van der Waals surface area contributed by atoms with Crippen molar-refractivity contribution in [3.8, 4) is 11.1 Å². The summed E-state index contributed by atoms with van der Waals surface area (Å²) < 4.78 is 0. The van der Waals surface area contributed by atoms with Crippen molar-refractivity contribution in [2.24, 2.45) is 0 Å². The molecule has 1 heteroatoms. The van der Waals surface area contributed by atoms with E-state index in [9.17, 15) is 0 Å². The lowest BCUT2D eigenvalue weighted by atomic mass is 9.98. The SMILES string of the molecule is Cc1ccc(N2CCCCC2)c2c1-c1ccccc1C2. The normalized spacial score (nSPS) is 16.9. The fourth-order valence-corrected chi connectivity index (χ4v) is 3.85. The second-order valence-corrected chi connectivity index (χ2v) is 6.14. The summed E-state index contributed by atoms with van der Waals surface area (Å²) in [6.07, 6.45) is 5.19. The lowest BCUT2D eigenvalue weighted by molar-refractivity contribution is 0.577. The van der Waals surface area contributed by atoms with Gasteiger partial charge in [-0.1, -0.05) is 30.3 Å². The number of piperidine rings is 1. The van der Waals surface area contributed by atoms with Crippen LogP contribution in [0.15, 0.2) is 36.4 Å². The topological polar surface area (TPSA) is 3.24 Å². The average molecular weight is 263 g/mol. The third kappa shape index (κ3) is 1.76. The number of aryl methyl sites for hydroxylation is 1. The zero-order valence-corrected chi connectivity index (χ0v) is 12.2. The first-order chi connectivity index (χ1) is 9.84. The number of hydrogen-bond donors (Lipinski definition) is 0. The number of fused-ring (bicyclic) bond motifs is 3. The average Bonchev–Trinajstić information content (AvgIpc) is 2.88. The summed E-state index contributed by atoms with van der Waals surface area (Å²) in [6, 6.07) is 13.6. The molecule has 1 nitrogen and oxygen atoms in total. The van der Waals surface area contributed by atoms with Gasteiger partial charge in [-0.15, -0.1) is 0 Å². The Morgan fingerprint density at radius 3 is 2.55 bits per heavy atom. The summed E-state index contributed by atoms with van der Waals surface area (Å²) in [4.78, 5) is 2.60. The quantitative estimate of drug-likeness (QED) is 0.622. The Labute approximate surface area is 121 Å². The van der Waals surface area contributed by atoms with Crippen molar-refractivity contribution in [2.45, 2.75) is 32.6 Å². The molecule has 0 aromatic heterocycles. The van der Waals surface area contributed by atoms with Crippen molar-refractivity contribution in [3.63, 3.8) is 0 Å². The van der Waals surface area contributed by atoms with Crippen LogP contribution in [0, 0.1) is 6.92 Å². The van der Waals surface area contributed by atoms with E-state index >= 15 is 0 Å². The zero-order valence-electron chi connectivity index (χ0n) is 12.2. The summed E-state index contributed by atoms with van der Waals surface area (Å²) in [5, 5.41) is 0. The number of rotatable bonds is 1.